The molecule has 2 aromatic heterocycles. The number of hydrogen-bond donors (Lipinski definition) is 2. The molecule has 0 aliphatic carbocycles. The van der Waals surface area contributed by atoms with E-state index in [1.165, 1.54) is 16.5 Å². The molecule has 4 aromatic rings. The molecule has 0 fully saturated rings. The molecule has 0 radical (unpaired) electrons. The summed E-state index contributed by atoms with van der Waals surface area (Å²) in [5.41, 5.74) is 3.64. The van der Waals surface area contributed by atoms with Gasteiger partial charge in [-0.25, -0.2) is 4.98 Å². The van der Waals surface area contributed by atoms with Crippen LogP contribution in [-0.4, -0.2) is 28.6 Å². The highest BCUT2D eigenvalue weighted by Gasteiger charge is 2.18. The Kier molecular flexibility index (Phi) is 4.51. The van der Waals surface area contributed by atoms with Crippen LogP contribution in [0.25, 0.3) is 10.9 Å². The van der Waals surface area contributed by atoms with Crippen molar-refractivity contribution in [3.8, 4) is 5.88 Å². The molecule has 0 bridgehead atoms. The molecule has 0 aliphatic heterocycles. The number of fused-ring (bicyclic) bond motifs is 1. The number of rotatable bonds is 6. The Morgan fingerprint density at radius 1 is 1.04 bits per heavy atom. The first-order valence-electron chi connectivity index (χ1n) is 8.57. The van der Waals surface area contributed by atoms with Crippen LogP contribution in [0.3, 0.4) is 0 Å². The second-order valence-corrected chi connectivity index (χ2v) is 6.06. The van der Waals surface area contributed by atoms with Crippen LogP contribution in [0.4, 0.5) is 5.95 Å². The highest BCUT2D eigenvalue weighted by atomic mass is 16.5. The first-order valence-corrected chi connectivity index (χ1v) is 8.57. The van der Waals surface area contributed by atoms with Crippen molar-refractivity contribution in [3.05, 3.63) is 84.2 Å². The lowest BCUT2D eigenvalue weighted by atomic mass is 9.91. The van der Waals surface area contributed by atoms with Gasteiger partial charge in [-0.1, -0.05) is 48.5 Å². The van der Waals surface area contributed by atoms with Gasteiger partial charge in [0.05, 0.1) is 7.11 Å². The predicted molar refractivity (Wildman–Crippen MR) is 104 cm³/mol. The fourth-order valence-corrected chi connectivity index (χ4v) is 3.21. The Bertz CT molecular complexity index is 997. The van der Waals surface area contributed by atoms with Crippen molar-refractivity contribution >= 4 is 16.9 Å². The molecular formula is C21H20N4O. The van der Waals surface area contributed by atoms with Crippen LogP contribution in [0.2, 0.25) is 0 Å². The van der Waals surface area contributed by atoms with E-state index in [0.29, 0.717) is 18.4 Å². The maximum Gasteiger partial charge on any atom is 0.225 e. The zero-order chi connectivity index (χ0) is 17.8. The van der Waals surface area contributed by atoms with E-state index in [2.05, 4.69) is 68.9 Å². The molecular weight excluding hydrogens is 324 g/mol. The molecule has 2 N–H and O–H groups in total. The molecule has 0 saturated carbocycles. The molecule has 0 spiro atoms. The van der Waals surface area contributed by atoms with Gasteiger partial charge in [-0.15, -0.1) is 0 Å². The van der Waals surface area contributed by atoms with Gasteiger partial charge in [-0.05, 0) is 17.2 Å². The fraction of sp³-hybridized carbons (Fsp3) is 0.143. The summed E-state index contributed by atoms with van der Waals surface area (Å²) in [5, 5.41) is 4.59. The fourth-order valence-electron chi connectivity index (χ4n) is 3.21. The lowest BCUT2D eigenvalue weighted by Crippen LogP contribution is -2.15. The predicted octanol–water partition coefficient (Wildman–Crippen LogP) is 4.21. The third-order valence-electron chi connectivity index (χ3n) is 4.50. The second-order valence-electron chi connectivity index (χ2n) is 6.06. The van der Waals surface area contributed by atoms with Crippen LogP contribution < -0.4 is 10.1 Å². The summed E-state index contributed by atoms with van der Waals surface area (Å²) in [6.45, 7) is 0.680. The minimum atomic E-state index is 0.169. The molecule has 1 unspecified atom stereocenters. The number of para-hydroxylation sites is 1. The van der Waals surface area contributed by atoms with Crippen molar-refractivity contribution in [2.75, 3.05) is 19.0 Å². The van der Waals surface area contributed by atoms with Crippen molar-refractivity contribution < 1.29 is 4.74 Å². The number of aromatic nitrogens is 3. The van der Waals surface area contributed by atoms with Gasteiger partial charge in [-0.3, -0.25) is 0 Å². The molecule has 2 aromatic carbocycles. The Hall–Kier alpha value is -3.34. The van der Waals surface area contributed by atoms with E-state index in [4.69, 9.17) is 4.74 Å². The summed E-state index contributed by atoms with van der Waals surface area (Å²) < 4.78 is 5.18. The minimum Gasteiger partial charge on any atom is -0.481 e. The maximum absolute atomic E-state index is 5.18. The number of benzene rings is 2. The SMILES string of the molecule is COc1ccnc(NCC(c2ccccc2)c2c[nH]c3ccccc23)n1. The number of hydrogen-bond acceptors (Lipinski definition) is 4. The van der Waals surface area contributed by atoms with Crippen LogP contribution in [0, 0.1) is 0 Å². The van der Waals surface area contributed by atoms with Crippen molar-refractivity contribution in [2.24, 2.45) is 0 Å². The first-order chi connectivity index (χ1) is 12.8. The monoisotopic (exact) mass is 344 g/mol. The van der Waals surface area contributed by atoms with Crippen molar-refractivity contribution in [3.63, 3.8) is 0 Å². The average molecular weight is 344 g/mol. The van der Waals surface area contributed by atoms with E-state index in [1.807, 2.05) is 12.1 Å². The third kappa shape index (κ3) is 3.24. The van der Waals surface area contributed by atoms with Crippen molar-refractivity contribution in [2.45, 2.75) is 5.92 Å². The number of anilines is 1. The normalized spacial score (nSPS) is 12.0. The standard InChI is InChI=1S/C21H20N4O/c1-26-20-11-12-22-21(25-20)24-13-17(15-7-3-2-4-8-15)18-14-23-19-10-6-5-9-16(18)19/h2-12,14,17,23H,13H2,1H3,(H,22,24,25). The molecule has 0 aliphatic rings. The van der Waals surface area contributed by atoms with Gasteiger partial charge < -0.3 is 15.0 Å². The lowest BCUT2D eigenvalue weighted by molar-refractivity contribution is 0.397. The van der Waals surface area contributed by atoms with Crippen LogP contribution in [0.15, 0.2) is 73.1 Å². The van der Waals surface area contributed by atoms with Crippen molar-refractivity contribution in [1.29, 1.82) is 0 Å². The van der Waals surface area contributed by atoms with Crippen LogP contribution in [0.1, 0.15) is 17.0 Å². The quantitative estimate of drug-likeness (QED) is 0.550. The van der Waals surface area contributed by atoms with Crippen molar-refractivity contribution in [1.82, 2.24) is 15.0 Å². The van der Waals surface area contributed by atoms with E-state index in [0.717, 1.165) is 5.52 Å². The molecule has 2 heterocycles. The smallest absolute Gasteiger partial charge is 0.225 e. The number of H-pyrrole nitrogens is 1. The molecule has 4 rings (SSSR count). The molecule has 130 valence electrons. The number of methoxy groups -OCH3 is 1. The zero-order valence-corrected chi connectivity index (χ0v) is 14.5. The van der Waals surface area contributed by atoms with E-state index in [1.54, 1.807) is 19.4 Å². The summed E-state index contributed by atoms with van der Waals surface area (Å²) in [6, 6.07) is 20.6. The van der Waals surface area contributed by atoms with Gasteiger partial charge in [0.1, 0.15) is 0 Å². The summed E-state index contributed by atoms with van der Waals surface area (Å²) in [6.07, 6.45) is 3.79. The molecule has 5 heteroatoms. The largest absolute Gasteiger partial charge is 0.481 e. The topological polar surface area (TPSA) is 62.8 Å². The van der Waals surface area contributed by atoms with E-state index in [9.17, 15) is 0 Å². The van der Waals surface area contributed by atoms with E-state index in [-0.39, 0.29) is 5.92 Å². The Balaban J connectivity index is 1.67. The van der Waals surface area contributed by atoms with Crippen LogP contribution in [-0.2, 0) is 0 Å². The lowest BCUT2D eigenvalue weighted by Gasteiger charge is -2.18. The Morgan fingerprint density at radius 3 is 2.69 bits per heavy atom. The summed E-state index contributed by atoms with van der Waals surface area (Å²) in [7, 11) is 1.60. The molecule has 0 amide bonds. The van der Waals surface area contributed by atoms with E-state index >= 15 is 0 Å². The molecule has 5 nitrogen and oxygen atoms in total. The van der Waals surface area contributed by atoms with Gasteiger partial charge in [0.2, 0.25) is 11.8 Å². The Morgan fingerprint density at radius 2 is 1.85 bits per heavy atom. The van der Waals surface area contributed by atoms with Gasteiger partial charge in [0.25, 0.3) is 0 Å². The number of nitrogens with zero attached hydrogens (tertiary/aromatic N) is 2. The van der Waals surface area contributed by atoms with Gasteiger partial charge in [0, 0.05) is 41.8 Å². The second kappa shape index (κ2) is 7.27. The van der Waals surface area contributed by atoms with Crippen LogP contribution in [0.5, 0.6) is 5.88 Å². The minimum absolute atomic E-state index is 0.169. The van der Waals surface area contributed by atoms with E-state index < -0.39 is 0 Å². The summed E-state index contributed by atoms with van der Waals surface area (Å²) in [4.78, 5) is 12.0. The molecule has 1 atom stereocenters. The Labute approximate surface area is 152 Å². The number of nitrogens with one attached hydrogen (secondary N) is 2. The van der Waals surface area contributed by atoms with Crippen LogP contribution >= 0.6 is 0 Å². The zero-order valence-electron chi connectivity index (χ0n) is 14.5. The number of ether oxygens (including phenoxy) is 1. The van der Waals surface area contributed by atoms with Gasteiger partial charge in [0.15, 0.2) is 0 Å². The third-order valence-corrected chi connectivity index (χ3v) is 4.50. The summed E-state index contributed by atoms with van der Waals surface area (Å²) in [5.74, 6) is 1.28. The molecule has 26 heavy (non-hydrogen) atoms. The van der Waals surface area contributed by atoms with Gasteiger partial charge in [-0.2, -0.15) is 4.98 Å². The average Bonchev–Trinajstić information content (AvgIpc) is 3.13. The van der Waals surface area contributed by atoms with Gasteiger partial charge >= 0.3 is 0 Å². The first kappa shape index (κ1) is 16.1. The molecule has 0 saturated heterocycles. The highest BCUT2D eigenvalue weighted by molar-refractivity contribution is 5.84. The summed E-state index contributed by atoms with van der Waals surface area (Å²) >= 11 is 0. The highest BCUT2D eigenvalue weighted by Crippen LogP contribution is 2.31. The maximum atomic E-state index is 5.18. The number of aromatic amines is 1.